The molecular formula is C11H7NO7S2-2. The Morgan fingerprint density at radius 3 is 2.48 bits per heavy atom. The molecule has 2 heterocycles. The molecule has 2 rings (SSSR count). The van der Waals surface area contributed by atoms with Gasteiger partial charge in [-0.2, -0.15) is 8.42 Å². The Morgan fingerprint density at radius 1 is 1.29 bits per heavy atom. The summed E-state index contributed by atoms with van der Waals surface area (Å²) in [7, 11) is -4.27. The molecule has 0 aliphatic heterocycles. The van der Waals surface area contributed by atoms with Crippen molar-refractivity contribution in [1.29, 1.82) is 0 Å². The minimum absolute atomic E-state index is 0.138. The van der Waals surface area contributed by atoms with Crippen LogP contribution in [0, 0.1) is 6.92 Å². The summed E-state index contributed by atoms with van der Waals surface area (Å²) in [6.07, 6.45) is 0. The van der Waals surface area contributed by atoms with E-state index in [1.165, 1.54) is 18.4 Å². The van der Waals surface area contributed by atoms with Crippen molar-refractivity contribution in [3.8, 4) is 0 Å². The first kappa shape index (κ1) is 15.1. The lowest BCUT2D eigenvalue weighted by Gasteiger charge is -2.07. The molecule has 0 aliphatic carbocycles. The van der Waals surface area contributed by atoms with Crippen molar-refractivity contribution in [3.63, 3.8) is 0 Å². The molecule has 0 aromatic carbocycles. The normalized spacial score (nSPS) is 11.3. The minimum atomic E-state index is -4.27. The molecule has 0 fully saturated rings. The molecule has 2 aromatic heterocycles. The molecule has 0 spiro atoms. The molecule has 0 radical (unpaired) electrons. The Hall–Kier alpha value is -2.33. The summed E-state index contributed by atoms with van der Waals surface area (Å²) in [5, 5.41) is 22.3. The fourth-order valence-corrected chi connectivity index (χ4v) is 3.35. The predicted molar refractivity (Wildman–Crippen MR) is 67.2 cm³/mol. The molecule has 8 nitrogen and oxygen atoms in total. The number of furan rings is 1. The van der Waals surface area contributed by atoms with Gasteiger partial charge in [-0.3, -0.25) is 4.72 Å². The molecule has 0 aliphatic rings. The van der Waals surface area contributed by atoms with Crippen molar-refractivity contribution >= 4 is 39.0 Å². The highest BCUT2D eigenvalue weighted by atomic mass is 32.2. The summed E-state index contributed by atoms with van der Waals surface area (Å²) in [5.41, 5.74) is -0.593. The average Bonchev–Trinajstić information content (AvgIpc) is 2.95. The van der Waals surface area contributed by atoms with E-state index in [-0.39, 0.29) is 16.3 Å². The van der Waals surface area contributed by atoms with E-state index in [4.69, 9.17) is 4.42 Å². The van der Waals surface area contributed by atoms with Gasteiger partial charge in [-0.15, -0.1) is 11.3 Å². The highest BCUT2D eigenvalue weighted by Gasteiger charge is 2.23. The van der Waals surface area contributed by atoms with Crippen LogP contribution in [0.15, 0.2) is 27.0 Å². The fraction of sp³-hybridized carbons (Fsp3) is 0.0909. The molecule has 0 atom stereocenters. The SMILES string of the molecule is Cc1oc(S(=O)(=O)Nc2ccsc2C(=O)[O-])cc1C(=O)[O-]. The molecule has 21 heavy (non-hydrogen) atoms. The topological polar surface area (TPSA) is 140 Å². The molecule has 2 aromatic rings. The molecule has 0 bridgehead atoms. The molecule has 0 unspecified atom stereocenters. The fourth-order valence-electron chi connectivity index (χ4n) is 1.53. The highest BCUT2D eigenvalue weighted by molar-refractivity contribution is 7.92. The van der Waals surface area contributed by atoms with Crippen LogP contribution in [0.1, 0.15) is 25.8 Å². The second-order valence-electron chi connectivity index (χ2n) is 3.88. The summed E-state index contributed by atoms with van der Waals surface area (Å²) in [4.78, 5) is 21.3. The molecule has 112 valence electrons. The van der Waals surface area contributed by atoms with Crippen LogP contribution in [0.25, 0.3) is 0 Å². The van der Waals surface area contributed by atoms with Gasteiger partial charge >= 0.3 is 0 Å². The standard InChI is InChI=1S/C11H9NO7S2/c1-5-6(10(13)14)4-8(19-5)21(17,18)12-7-2-3-20-9(7)11(15)16/h2-4,12H,1H3,(H,13,14)(H,15,16)/p-2. The van der Waals surface area contributed by atoms with Crippen molar-refractivity contribution in [2.24, 2.45) is 0 Å². The second-order valence-corrected chi connectivity index (χ2v) is 6.41. The van der Waals surface area contributed by atoms with Crippen LogP contribution in [-0.2, 0) is 10.0 Å². The number of carboxylic acid groups (broad SMARTS) is 2. The summed E-state index contributed by atoms with van der Waals surface area (Å²) < 4.78 is 30.9. The van der Waals surface area contributed by atoms with Gasteiger partial charge in [-0.1, -0.05) is 0 Å². The number of hydrogen-bond acceptors (Lipinski definition) is 8. The first-order valence-electron chi connectivity index (χ1n) is 5.36. The van der Waals surface area contributed by atoms with E-state index in [1.807, 2.05) is 4.72 Å². The average molecular weight is 329 g/mol. The van der Waals surface area contributed by atoms with Crippen LogP contribution in [0.2, 0.25) is 0 Å². The monoisotopic (exact) mass is 329 g/mol. The van der Waals surface area contributed by atoms with Gasteiger partial charge in [-0.05, 0) is 18.4 Å². The third kappa shape index (κ3) is 2.90. The van der Waals surface area contributed by atoms with Crippen molar-refractivity contribution < 1.29 is 32.6 Å². The van der Waals surface area contributed by atoms with Gasteiger partial charge in [0.1, 0.15) is 5.76 Å². The number of carboxylic acids is 2. The van der Waals surface area contributed by atoms with E-state index in [1.54, 1.807) is 0 Å². The van der Waals surface area contributed by atoms with Gasteiger partial charge in [0.15, 0.2) is 0 Å². The van der Waals surface area contributed by atoms with Gasteiger partial charge in [0.25, 0.3) is 10.0 Å². The summed E-state index contributed by atoms with van der Waals surface area (Å²) >= 11 is 0.783. The smallest absolute Gasteiger partial charge is 0.295 e. The molecule has 0 saturated heterocycles. The lowest BCUT2D eigenvalue weighted by molar-refractivity contribution is -0.256. The quantitative estimate of drug-likeness (QED) is 0.755. The van der Waals surface area contributed by atoms with Gasteiger partial charge in [0.05, 0.1) is 22.5 Å². The van der Waals surface area contributed by atoms with Crippen molar-refractivity contribution in [1.82, 2.24) is 0 Å². The van der Waals surface area contributed by atoms with E-state index in [9.17, 15) is 28.2 Å². The Bertz CT molecular complexity index is 815. The van der Waals surface area contributed by atoms with Crippen LogP contribution in [0.4, 0.5) is 5.69 Å². The number of hydrogen-bond donors (Lipinski definition) is 1. The highest BCUT2D eigenvalue weighted by Crippen LogP contribution is 2.26. The van der Waals surface area contributed by atoms with Crippen LogP contribution in [-0.4, -0.2) is 20.4 Å². The zero-order valence-electron chi connectivity index (χ0n) is 10.4. The maximum atomic E-state index is 12.0. The van der Waals surface area contributed by atoms with E-state index in [0.717, 1.165) is 17.4 Å². The number of rotatable bonds is 5. The number of sulfonamides is 1. The van der Waals surface area contributed by atoms with Crippen molar-refractivity contribution in [3.05, 3.63) is 33.7 Å². The Labute approximate surface area is 122 Å². The Balaban J connectivity index is 2.39. The second kappa shape index (κ2) is 5.22. The third-order valence-electron chi connectivity index (χ3n) is 2.47. The number of aryl methyl sites for hydroxylation is 1. The lowest BCUT2D eigenvalue weighted by Crippen LogP contribution is -2.23. The molecular weight excluding hydrogens is 322 g/mol. The number of carbonyl (C=O) groups excluding carboxylic acids is 2. The van der Waals surface area contributed by atoms with Crippen LogP contribution in [0.3, 0.4) is 0 Å². The van der Waals surface area contributed by atoms with Gasteiger partial charge in [-0.25, -0.2) is 0 Å². The van der Waals surface area contributed by atoms with Gasteiger partial charge in [0, 0.05) is 11.6 Å². The largest absolute Gasteiger partial charge is 0.545 e. The lowest BCUT2D eigenvalue weighted by atomic mass is 10.3. The number of nitrogens with one attached hydrogen (secondary N) is 1. The minimum Gasteiger partial charge on any atom is -0.545 e. The number of aromatic carboxylic acids is 2. The van der Waals surface area contributed by atoms with Gasteiger partial charge in [0.2, 0.25) is 5.09 Å². The van der Waals surface area contributed by atoms with Gasteiger partial charge < -0.3 is 24.2 Å². The summed E-state index contributed by atoms with van der Waals surface area (Å²) in [5.74, 6) is -3.25. The molecule has 0 amide bonds. The first-order chi connectivity index (χ1) is 9.72. The number of carbonyl (C=O) groups is 2. The first-order valence-corrected chi connectivity index (χ1v) is 7.72. The van der Waals surface area contributed by atoms with E-state index in [2.05, 4.69) is 0 Å². The van der Waals surface area contributed by atoms with E-state index >= 15 is 0 Å². The van der Waals surface area contributed by atoms with E-state index < -0.39 is 32.6 Å². The van der Waals surface area contributed by atoms with Crippen LogP contribution < -0.4 is 14.9 Å². The number of anilines is 1. The van der Waals surface area contributed by atoms with E-state index in [0.29, 0.717) is 0 Å². The predicted octanol–water partition coefficient (Wildman–Crippen LogP) is -0.823. The number of thiophene rings is 1. The van der Waals surface area contributed by atoms with Crippen molar-refractivity contribution in [2.75, 3.05) is 4.72 Å². The molecule has 1 N–H and O–H groups in total. The molecule has 0 saturated carbocycles. The Morgan fingerprint density at radius 2 is 1.95 bits per heavy atom. The Kier molecular flexibility index (Phi) is 3.75. The van der Waals surface area contributed by atoms with Crippen LogP contribution >= 0.6 is 11.3 Å². The van der Waals surface area contributed by atoms with Crippen molar-refractivity contribution in [2.45, 2.75) is 12.0 Å². The maximum absolute atomic E-state index is 12.0. The third-order valence-corrected chi connectivity index (χ3v) is 4.59. The zero-order valence-corrected chi connectivity index (χ0v) is 12.0. The molecule has 10 heteroatoms. The van der Waals surface area contributed by atoms with Crippen LogP contribution in [0.5, 0.6) is 0 Å². The summed E-state index contributed by atoms with van der Waals surface area (Å²) in [6, 6.07) is 2.03. The maximum Gasteiger partial charge on any atom is 0.295 e. The zero-order chi connectivity index (χ0) is 15.8. The summed E-state index contributed by atoms with van der Waals surface area (Å²) in [6.45, 7) is 1.27.